The van der Waals surface area contributed by atoms with Crippen LogP contribution in [0.25, 0.3) is 11.1 Å². The largest absolute Gasteiger partial charge is 0.457 e. The molecule has 0 saturated carbocycles. The maximum atomic E-state index is 12.1. The van der Waals surface area contributed by atoms with Gasteiger partial charge in [-0.1, -0.05) is 42.5 Å². The molecule has 0 unspecified atom stereocenters. The number of carbonyl (C=O) groups excluding carboxylic acids is 1. The second-order valence-electron chi connectivity index (χ2n) is 5.83. The highest BCUT2D eigenvalue weighted by Crippen LogP contribution is 2.26. The summed E-state index contributed by atoms with van der Waals surface area (Å²) in [6.45, 7) is 1.17. The zero-order valence-corrected chi connectivity index (χ0v) is 15.5. The van der Waals surface area contributed by atoms with Crippen LogP contribution in [0.5, 0.6) is 11.5 Å². The van der Waals surface area contributed by atoms with Gasteiger partial charge in [0.25, 0.3) is 0 Å². The van der Waals surface area contributed by atoms with Gasteiger partial charge in [0.1, 0.15) is 11.5 Å². The molecule has 0 bridgehead atoms. The van der Waals surface area contributed by atoms with Gasteiger partial charge in [0, 0.05) is 6.92 Å². The van der Waals surface area contributed by atoms with Crippen LogP contribution in [-0.4, -0.2) is 20.3 Å². The van der Waals surface area contributed by atoms with Crippen LogP contribution < -0.4 is 4.74 Å². The summed E-state index contributed by atoms with van der Waals surface area (Å²) in [5, 5.41) is 0. The average molecular weight is 382 g/mol. The molecule has 3 aromatic carbocycles. The fourth-order valence-electron chi connectivity index (χ4n) is 2.42. The zero-order valence-electron chi connectivity index (χ0n) is 14.7. The Hall–Kier alpha value is -3.12. The van der Waals surface area contributed by atoms with Crippen molar-refractivity contribution in [3.05, 3.63) is 78.9 Å². The molecule has 0 aliphatic carbocycles. The van der Waals surface area contributed by atoms with E-state index < -0.39 is 21.7 Å². The molecule has 0 aliphatic heterocycles. The monoisotopic (exact) mass is 382 g/mol. The van der Waals surface area contributed by atoms with E-state index in [1.54, 1.807) is 12.1 Å². The second kappa shape index (κ2) is 8.05. The third-order valence-electron chi connectivity index (χ3n) is 3.80. The number of rotatable bonds is 6. The van der Waals surface area contributed by atoms with E-state index in [4.69, 9.17) is 4.74 Å². The summed E-state index contributed by atoms with van der Waals surface area (Å²) in [6.07, 6.45) is 0. The minimum Gasteiger partial charge on any atom is -0.457 e. The van der Waals surface area contributed by atoms with Gasteiger partial charge < -0.3 is 9.47 Å². The lowest BCUT2D eigenvalue weighted by Crippen LogP contribution is -2.12. The van der Waals surface area contributed by atoms with E-state index in [9.17, 15) is 13.2 Å². The van der Waals surface area contributed by atoms with E-state index in [1.807, 2.05) is 54.6 Å². The van der Waals surface area contributed by atoms with Crippen molar-refractivity contribution in [2.24, 2.45) is 0 Å². The Kier molecular flexibility index (Phi) is 5.57. The van der Waals surface area contributed by atoms with Gasteiger partial charge in [-0.15, -0.1) is 0 Å². The Morgan fingerprint density at radius 3 is 1.85 bits per heavy atom. The van der Waals surface area contributed by atoms with Crippen LogP contribution in [0.15, 0.2) is 83.8 Å². The fourth-order valence-corrected chi connectivity index (χ4v) is 3.43. The van der Waals surface area contributed by atoms with Gasteiger partial charge in [0.15, 0.2) is 5.94 Å². The number of para-hydroxylation sites is 1. The molecule has 5 nitrogen and oxygen atoms in total. The maximum Gasteiger partial charge on any atom is 0.303 e. The molecule has 6 heteroatoms. The van der Waals surface area contributed by atoms with Gasteiger partial charge in [0.2, 0.25) is 9.84 Å². The minimum absolute atomic E-state index is 0.108. The van der Waals surface area contributed by atoms with Crippen LogP contribution in [0.4, 0.5) is 0 Å². The van der Waals surface area contributed by atoms with Gasteiger partial charge in [-0.25, -0.2) is 8.42 Å². The number of hydrogen-bond acceptors (Lipinski definition) is 5. The molecule has 0 N–H and O–H groups in total. The van der Waals surface area contributed by atoms with E-state index in [0.29, 0.717) is 5.75 Å². The quantitative estimate of drug-likeness (QED) is 0.590. The van der Waals surface area contributed by atoms with Crippen LogP contribution in [0.2, 0.25) is 0 Å². The normalized spacial score (nSPS) is 11.0. The van der Waals surface area contributed by atoms with Crippen molar-refractivity contribution in [2.75, 3.05) is 5.94 Å². The van der Waals surface area contributed by atoms with E-state index >= 15 is 0 Å². The standard InChI is InChI=1S/C21H18O5S/c1-16(22)25-15-27(23,24)21-13-9-18(10-14-21)17-7-11-20(12-8-17)26-19-5-3-2-4-6-19/h2-14H,15H2,1H3. The number of hydrogen-bond donors (Lipinski definition) is 0. The Labute approximate surface area is 158 Å². The van der Waals surface area contributed by atoms with Crippen molar-refractivity contribution >= 4 is 15.8 Å². The Morgan fingerprint density at radius 2 is 1.30 bits per heavy atom. The van der Waals surface area contributed by atoms with E-state index in [1.165, 1.54) is 19.1 Å². The third-order valence-corrected chi connectivity index (χ3v) is 5.22. The Bertz CT molecular complexity index is 1010. The van der Waals surface area contributed by atoms with Crippen LogP contribution in [0, 0.1) is 0 Å². The van der Waals surface area contributed by atoms with Crippen LogP contribution in [-0.2, 0) is 19.4 Å². The fraction of sp³-hybridized carbons (Fsp3) is 0.0952. The summed E-state index contributed by atoms with van der Waals surface area (Å²) >= 11 is 0. The highest BCUT2D eigenvalue weighted by Gasteiger charge is 2.16. The van der Waals surface area contributed by atoms with Crippen molar-refractivity contribution in [2.45, 2.75) is 11.8 Å². The second-order valence-corrected chi connectivity index (χ2v) is 7.77. The maximum absolute atomic E-state index is 12.1. The summed E-state index contributed by atoms with van der Waals surface area (Å²) in [4.78, 5) is 10.9. The van der Waals surface area contributed by atoms with E-state index in [-0.39, 0.29) is 4.90 Å². The van der Waals surface area contributed by atoms with Crippen molar-refractivity contribution in [3.8, 4) is 22.6 Å². The molecule has 27 heavy (non-hydrogen) atoms. The van der Waals surface area contributed by atoms with Crippen LogP contribution >= 0.6 is 0 Å². The van der Waals surface area contributed by atoms with Crippen molar-refractivity contribution in [1.82, 2.24) is 0 Å². The van der Waals surface area contributed by atoms with Crippen molar-refractivity contribution in [1.29, 1.82) is 0 Å². The lowest BCUT2D eigenvalue weighted by atomic mass is 10.1. The van der Waals surface area contributed by atoms with Crippen molar-refractivity contribution < 1.29 is 22.7 Å². The zero-order chi connectivity index (χ0) is 19.3. The predicted molar refractivity (Wildman–Crippen MR) is 102 cm³/mol. The first kappa shape index (κ1) is 18.7. The van der Waals surface area contributed by atoms with Gasteiger partial charge in [0.05, 0.1) is 4.90 Å². The Balaban J connectivity index is 1.72. The number of carbonyl (C=O) groups is 1. The minimum atomic E-state index is -3.66. The molecule has 0 radical (unpaired) electrons. The summed E-state index contributed by atoms with van der Waals surface area (Å²) in [6, 6.07) is 23.4. The summed E-state index contributed by atoms with van der Waals surface area (Å²) in [7, 11) is -3.66. The molecule has 0 fully saturated rings. The molecule has 0 spiro atoms. The smallest absolute Gasteiger partial charge is 0.303 e. The molecule has 0 saturated heterocycles. The highest BCUT2D eigenvalue weighted by atomic mass is 32.2. The van der Waals surface area contributed by atoms with Crippen LogP contribution in [0.3, 0.4) is 0 Å². The van der Waals surface area contributed by atoms with Crippen molar-refractivity contribution in [3.63, 3.8) is 0 Å². The highest BCUT2D eigenvalue weighted by molar-refractivity contribution is 7.91. The molecule has 0 atom stereocenters. The SMILES string of the molecule is CC(=O)OCS(=O)(=O)c1ccc(-c2ccc(Oc3ccccc3)cc2)cc1. The molecule has 138 valence electrons. The summed E-state index contributed by atoms with van der Waals surface area (Å²) in [5.74, 6) is 0.179. The molecule has 3 aromatic rings. The first-order valence-electron chi connectivity index (χ1n) is 8.23. The van der Waals surface area contributed by atoms with Gasteiger partial charge in [-0.05, 0) is 47.5 Å². The van der Waals surface area contributed by atoms with E-state index in [2.05, 4.69) is 4.74 Å². The first-order chi connectivity index (χ1) is 12.9. The topological polar surface area (TPSA) is 69.7 Å². The van der Waals surface area contributed by atoms with Crippen LogP contribution in [0.1, 0.15) is 6.92 Å². The number of benzene rings is 3. The molecule has 0 aliphatic rings. The molecule has 3 rings (SSSR count). The third kappa shape index (κ3) is 4.95. The molecular formula is C21H18O5S. The number of sulfone groups is 1. The summed E-state index contributed by atoms with van der Waals surface area (Å²) < 4.78 is 34.6. The molecule has 0 amide bonds. The molecule has 0 heterocycles. The van der Waals surface area contributed by atoms with Gasteiger partial charge >= 0.3 is 5.97 Å². The lowest BCUT2D eigenvalue weighted by molar-refractivity contribution is -0.138. The number of esters is 1. The van der Waals surface area contributed by atoms with Gasteiger partial charge in [-0.2, -0.15) is 0 Å². The average Bonchev–Trinajstić information content (AvgIpc) is 2.68. The predicted octanol–water partition coefficient (Wildman–Crippen LogP) is 4.44. The molecule has 0 aromatic heterocycles. The first-order valence-corrected chi connectivity index (χ1v) is 9.89. The lowest BCUT2D eigenvalue weighted by Gasteiger charge is -2.08. The number of ether oxygens (including phenoxy) is 2. The van der Waals surface area contributed by atoms with E-state index in [0.717, 1.165) is 16.9 Å². The summed E-state index contributed by atoms with van der Waals surface area (Å²) in [5.41, 5.74) is 1.80. The molecular weight excluding hydrogens is 364 g/mol. The Morgan fingerprint density at radius 1 is 0.778 bits per heavy atom. The van der Waals surface area contributed by atoms with Gasteiger partial charge in [-0.3, -0.25) is 4.79 Å².